The van der Waals surface area contributed by atoms with E-state index >= 15 is 0 Å². The molecule has 19 heavy (non-hydrogen) atoms. The summed E-state index contributed by atoms with van der Waals surface area (Å²) < 4.78 is 22.8. The predicted molar refractivity (Wildman–Crippen MR) is 67.6 cm³/mol. The molecule has 2 aliphatic rings. The van der Waals surface area contributed by atoms with Gasteiger partial charge in [0.15, 0.2) is 9.84 Å². The van der Waals surface area contributed by atoms with Crippen molar-refractivity contribution in [3.8, 4) is 0 Å². The largest absolute Gasteiger partial charge is 0.480 e. The first-order valence-electron chi connectivity index (χ1n) is 6.28. The van der Waals surface area contributed by atoms with Gasteiger partial charge in [-0.1, -0.05) is 0 Å². The van der Waals surface area contributed by atoms with E-state index in [2.05, 4.69) is 0 Å². The standard InChI is InChI=1S/C11H18N2O5S/c1-12(8-4-6-19(17,18)7-8)11(16)13-5-2-3-9(13)10(14)15/h8-9H,2-7H2,1H3,(H,14,15). The summed E-state index contributed by atoms with van der Waals surface area (Å²) in [7, 11) is -1.51. The molecule has 2 heterocycles. The number of amides is 2. The molecule has 108 valence electrons. The number of carbonyl (C=O) groups excluding carboxylic acids is 1. The zero-order valence-corrected chi connectivity index (χ0v) is 11.6. The fraction of sp³-hybridized carbons (Fsp3) is 0.818. The van der Waals surface area contributed by atoms with Gasteiger partial charge in [0, 0.05) is 19.6 Å². The van der Waals surface area contributed by atoms with Crippen molar-refractivity contribution < 1.29 is 23.1 Å². The molecule has 0 aromatic heterocycles. The van der Waals surface area contributed by atoms with Gasteiger partial charge in [-0.3, -0.25) is 0 Å². The molecular formula is C11H18N2O5S. The molecule has 0 aromatic rings. The number of hydrogen-bond acceptors (Lipinski definition) is 4. The summed E-state index contributed by atoms with van der Waals surface area (Å²) >= 11 is 0. The number of likely N-dealkylation sites (tertiary alicyclic amines) is 1. The van der Waals surface area contributed by atoms with Crippen molar-refractivity contribution in [2.45, 2.75) is 31.3 Å². The molecule has 2 atom stereocenters. The van der Waals surface area contributed by atoms with E-state index in [0.717, 1.165) is 0 Å². The Hall–Kier alpha value is -1.31. The second-order valence-corrected chi connectivity index (χ2v) is 7.37. The lowest BCUT2D eigenvalue weighted by Gasteiger charge is -2.30. The molecule has 8 heteroatoms. The molecule has 0 bridgehead atoms. The van der Waals surface area contributed by atoms with Crippen LogP contribution in [0, 0.1) is 0 Å². The van der Waals surface area contributed by atoms with Gasteiger partial charge in [-0.2, -0.15) is 0 Å². The Bertz CT molecular complexity index is 489. The summed E-state index contributed by atoms with van der Waals surface area (Å²) in [5, 5.41) is 9.05. The molecule has 7 nitrogen and oxygen atoms in total. The Balaban J connectivity index is 2.05. The van der Waals surface area contributed by atoms with Gasteiger partial charge in [0.05, 0.1) is 11.5 Å². The number of hydrogen-bond donors (Lipinski definition) is 1. The van der Waals surface area contributed by atoms with Crippen LogP contribution < -0.4 is 0 Å². The van der Waals surface area contributed by atoms with Crippen LogP contribution in [0.5, 0.6) is 0 Å². The molecule has 2 amide bonds. The lowest BCUT2D eigenvalue weighted by Crippen LogP contribution is -2.50. The Kier molecular flexibility index (Phi) is 3.71. The van der Waals surface area contributed by atoms with Crippen molar-refractivity contribution >= 4 is 21.8 Å². The zero-order valence-electron chi connectivity index (χ0n) is 10.8. The van der Waals surface area contributed by atoms with Crippen LogP contribution in [0.4, 0.5) is 4.79 Å². The third-order valence-corrected chi connectivity index (χ3v) is 5.59. The van der Waals surface area contributed by atoms with Crippen LogP contribution in [-0.4, -0.2) is 72.5 Å². The van der Waals surface area contributed by atoms with Crippen LogP contribution in [0.15, 0.2) is 0 Å². The highest BCUT2D eigenvalue weighted by molar-refractivity contribution is 7.91. The van der Waals surface area contributed by atoms with E-state index in [1.165, 1.54) is 9.80 Å². The summed E-state index contributed by atoms with van der Waals surface area (Å²) in [6.07, 6.45) is 1.55. The van der Waals surface area contributed by atoms with Gasteiger partial charge < -0.3 is 14.9 Å². The minimum atomic E-state index is -3.06. The maximum Gasteiger partial charge on any atom is 0.326 e. The summed E-state index contributed by atoms with van der Waals surface area (Å²) in [5.74, 6) is -0.934. The number of carboxylic acid groups (broad SMARTS) is 1. The second kappa shape index (κ2) is 4.99. The van der Waals surface area contributed by atoms with Crippen LogP contribution >= 0.6 is 0 Å². The SMILES string of the molecule is CN(C(=O)N1CCCC1C(=O)O)C1CCS(=O)(=O)C1. The summed E-state index contributed by atoms with van der Waals surface area (Å²) in [5.41, 5.74) is 0. The molecular weight excluding hydrogens is 272 g/mol. The van der Waals surface area contributed by atoms with Crippen molar-refractivity contribution in [2.75, 3.05) is 25.1 Å². The van der Waals surface area contributed by atoms with E-state index in [1.807, 2.05) is 0 Å². The van der Waals surface area contributed by atoms with Gasteiger partial charge in [0.2, 0.25) is 0 Å². The number of aliphatic carboxylic acids is 1. The average molecular weight is 290 g/mol. The summed E-state index contributed by atoms with van der Waals surface area (Å²) in [4.78, 5) is 26.0. The molecule has 2 saturated heterocycles. The van der Waals surface area contributed by atoms with Crippen molar-refractivity contribution in [1.82, 2.24) is 9.80 Å². The zero-order chi connectivity index (χ0) is 14.2. The minimum Gasteiger partial charge on any atom is -0.480 e. The lowest BCUT2D eigenvalue weighted by atomic mass is 10.2. The van der Waals surface area contributed by atoms with Crippen LogP contribution in [-0.2, 0) is 14.6 Å². The smallest absolute Gasteiger partial charge is 0.326 e. The van der Waals surface area contributed by atoms with Crippen molar-refractivity contribution in [1.29, 1.82) is 0 Å². The monoisotopic (exact) mass is 290 g/mol. The van der Waals surface area contributed by atoms with Gasteiger partial charge in [-0.25, -0.2) is 18.0 Å². The summed E-state index contributed by atoms with van der Waals surface area (Å²) in [6.45, 7) is 0.416. The third-order valence-electron chi connectivity index (χ3n) is 3.84. The Morgan fingerprint density at radius 3 is 2.53 bits per heavy atom. The van der Waals surface area contributed by atoms with Crippen LogP contribution in [0.25, 0.3) is 0 Å². The fourth-order valence-electron chi connectivity index (χ4n) is 2.69. The van der Waals surface area contributed by atoms with Gasteiger partial charge in [-0.05, 0) is 19.3 Å². The highest BCUT2D eigenvalue weighted by Gasteiger charge is 2.39. The second-order valence-electron chi connectivity index (χ2n) is 5.14. The average Bonchev–Trinajstić information content (AvgIpc) is 2.93. The Morgan fingerprint density at radius 1 is 1.32 bits per heavy atom. The fourth-order valence-corrected chi connectivity index (χ4v) is 4.47. The highest BCUT2D eigenvalue weighted by Crippen LogP contribution is 2.22. The maximum atomic E-state index is 12.3. The van der Waals surface area contributed by atoms with Gasteiger partial charge in [-0.15, -0.1) is 0 Å². The first kappa shape index (κ1) is 14.1. The van der Waals surface area contributed by atoms with Crippen LogP contribution in [0.1, 0.15) is 19.3 Å². The van der Waals surface area contributed by atoms with Crippen molar-refractivity contribution in [3.63, 3.8) is 0 Å². The molecule has 0 aliphatic carbocycles. The van der Waals surface area contributed by atoms with Crippen LogP contribution in [0.3, 0.4) is 0 Å². The van der Waals surface area contributed by atoms with Crippen molar-refractivity contribution in [2.24, 2.45) is 0 Å². The van der Waals surface area contributed by atoms with Gasteiger partial charge in [0.25, 0.3) is 0 Å². The maximum absolute atomic E-state index is 12.3. The molecule has 2 unspecified atom stereocenters. The summed E-state index contributed by atoms with van der Waals surface area (Å²) in [6, 6.07) is -1.51. The third kappa shape index (κ3) is 2.83. The van der Waals surface area contributed by atoms with Crippen molar-refractivity contribution in [3.05, 3.63) is 0 Å². The molecule has 2 aliphatic heterocycles. The topological polar surface area (TPSA) is 95.0 Å². The number of sulfone groups is 1. The molecule has 2 fully saturated rings. The Morgan fingerprint density at radius 2 is 2.00 bits per heavy atom. The number of rotatable bonds is 2. The molecule has 1 N–H and O–H groups in total. The lowest BCUT2D eigenvalue weighted by molar-refractivity contribution is -0.141. The van der Waals surface area contributed by atoms with Crippen LogP contribution in [0.2, 0.25) is 0 Å². The molecule has 2 rings (SSSR count). The van der Waals surface area contributed by atoms with E-state index < -0.39 is 21.8 Å². The molecule has 0 radical (unpaired) electrons. The predicted octanol–water partition coefficient (Wildman–Crippen LogP) is -0.226. The van der Waals surface area contributed by atoms with E-state index in [-0.39, 0.29) is 23.6 Å². The molecule has 0 saturated carbocycles. The number of nitrogens with zero attached hydrogens (tertiary/aromatic N) is 2. The number of carbonyl (C=O) groups is 2. The van der Waals surface area contributed by atoms with E-state index in [1.54, 1.807) is 7.05 Å². The minimum absolute atomic E-state index is 0.0270. The molecule has 0 aromatic carbocycles. The first-order chi connectivity index (χ1) is 8.82. The number of carboxylic acids is 1. The van der Waals surface area contributed by atoms with E-state index in [0.29, 0.717) is 25.8 Å². The Labute approximate surface area is 112 Å². The highest BCUT2D eigenvalue weighted by atomic mass is 32.2. The van der Waals surface area contributed by atoms with E-state index in [9.17, 15) is 18.0 Å². The normalized spacial score (nSPS) is 29.4. The van der Waals surface area contributed by atoms with Gasteiger partial charge in [0.1, 0.15) is 6.04 Å². The quantitative estimate of drug-likeness (QED) is 0.758. The number of urea groups is 1. The first-order valence-corrected chi connectivity index (χ1v) is 8.10. The van der Waals surface area contributed by atoms with E-state index in [4.69, 9.17) is 5.11 Å². The molecule has 0 spiro atoms. The van der Waals surface area contributed by atoms with Gasteiger partial charge >= 0.3 is 12.0 Å².